The third-order valence-electron chi connectivity index (χ3n) is 3.25. The summed E-state index contributed by atoms with van der Waals surface area (Å²) in [6.07, 6.45) is 4.05. The molecule has 1 heterocycles. The Bertz CT molecular complexity index is 449. The number of carbonyl (C=O) groups excluding carboxylic acids is 1. The number of carboxylic acid groups (broad SMARTS) is 1. The average molecular weight is 234 g/mol. The van der Waals surface area contributed by atoms with Crippen LogP contribution in [0.5, 0.6) is 0 Å². The summed E-state index contributed by atoms with van der Waals surface area (Å²) in [6, 6.07) is 2.93. The Kier molecular flexibility index (Phi) is 2.83. The van der Waals surface area contributed by atoms with Gasteiger partial charge in [-0.25, -0.2) is 9.78 Å². The first-order chi connectivity index (χ1) is 8.07. The number of hydrogen-bond acceptors (Lipinski definition) is 3. The van der Waals surface area contributed by atoms with Crippen molar-refractivity contribution in [3.63, 3.8) is 0 Å². The number of aromatic carboxylic acids is 1. The molecule has 5 nitrogen and oxygen atoms in total. The van der Waals surface area contributed by atoms with Gasteiger partial charge < -0.3 is 10.4 Å². The molecule has 0 aliphatic heterocycles. The smallest absolute Gasteiger partial charge is 0.354 e. The third-order valence-corrected chi connectivity index (χ3v) is 3.25. The van der Waals surface area contributed by atoms with E-state index in [4.69, 9.17) is 5.11 Å². The van der Waals surface area contributed by atoms with Crippen molar-refractivity contribution >= 4 is 17.6 Å². The van der Waals surface area contributed by atoms with Gasteiger partial charge in [-0.3, -0.25) is 4.79 Å². The minimum Gasteiger partial charge on any atom is -0.477 e. The summed E-state index contributed by atoms with van der Waals surface area (Å²) in [5.74, 6) is -1.07. The van der Waals surface area contributed by atoms with E-state index in [1.54, 1.807) is 6.07 Å². The van der Waals surface area contributed by atoms with Crippen molar-refractivity contribution in [2.45, 2.75) is 26.2 Å². The second-order valence-corrected chi connectivity index (χ2v) is 4.33. The quantitative estimate of drug-likeness (QED) is 0.834. The lowest BCUT2D eigenvalue weighted by Crippen LogP contribution is -2.23. The van der Waals surface area contributed by atoms with Crippen LogP contribution in [0, 0.1) is 5.41 Å². The molecule has 0 saturated heterocycles. The first kappa shape index (κ1) is 11.6. The topological polar surface area (TPSA) is 79.3 Å². The van der Waals surface area contributed by atoms with Crippen LogP contribution in [-0.2, 0) is 4.79 Å². The van der Waals surface area contributed by atoms with E-state index in [9.17, 15) is 9.59 Å². The van der Waals surface area contributed by atoms with E-state index in [0.717, 1.165) is 19.3 Å². The molecule has 17 heavy (non-hydrogen) atoms. The molecule has 5 heteroatoms. The Hall–Kier alpha value is -1.91. The molecule has 1 fully saturated rings. The van der Waals surface area contributed by atoms with Crippen molar-refractivity contribution in [1.29, 1.82) is 0 Å². The van der Waals surface area contributed by atoms with E-state index < -0.39 is 5.97 Å². The van der Waals surface area contributed by atoms with Gasteiger partial charge in [0.2, 0.25) is 5.91 Å². The van der Waals surface area contributed by atoms with E-state index in [0.29, 0.717) is 5.69 Å². The van der Waals surface area contributed by atoms with Crippen molar-refractivity contribution in [3.8, 4) is 0 Å². The van der Waals surface area contributed by atoms with Crippen LogP contribution in [0.4, 0.5) is 5.69 Å². The molecule has 2 rings (SSSR count). The summed E-state index contributed by atoms with van der Waals surface area (Å²) in [4.78, 5) is 26.2. The van der Waals surface area contributed by atoms with Crippen molar-refractivity contribution < 1.29 is 14.7 Å². The highest BCUT2D eigenvalue weighted by Gasteiger charge is 2.47. The Morgan fingerprint density at radius 3 is 2.59 bits per heavy atom. The normalized spacial score (nSPS) is 16.3. The molecule has 1 aromatic heterocycles. The molecule has 1 aromatic rings. The maximum atomic E-state index is 11.9. The first-order valence-corrected chi connectivity index (χ1v) is 5.58. The maximum Gasteiger partial charge on any atom is 0.354 e. The molecule has 0 radical (unpaired) electrons. The van der Waals surface area contributed by atoms with Gasteiger partial charge in [0.25, 0.3) is 0 Å². The van der Waals surface area contributed by atoms with Crippen LogP contribution >= 0.6 is 0 Å². The van der Waals surface area contributed by atoms with Crippen LogP contribution in [0.25, 0.3) is 0 Å². The van der Waals surface area contributed by atoms with Crippen molar-refractivity contribution in [1.82, 2.24) is 4.98 Å². The predicted molar refractivity (Wildman–Crippen MR) is 61.8 cm³/mol. The van der Waals surface area contributed by atoms with Crippen LogP contribution < -0.4 is 5.32 Å². The lowest BCUT2D eigenvalue weighted by Gasteiger charge is -2.12. The molecule has 2 N–H and O–H groups in total. The third kappa shape index (κ3) is 2.27. The van der Waals surface area contributed by atoms with Crippen LogP contribution in [0.15, 0.2) is 18.3 Å². The second kappa shape index (κ2) is 4.16. The number of amides is 1. The summed E-state index contributed by atoms with van der Waals surface area (Å²) in [7, 11) is 0. The van der Waals surface area contributed by atoms with Gasteiger partial charge in [-0.2, -0.15) is 0 Å². The molecule has 0 bridgehead atoms. The SMILES string of the molecule is CCC1(C(=O)Nc2ccc(C(=O)O)nc2)CC1. The van der Waals surface area contributed by atoms with Gasteiger partial charge in [-0.05, 0) is 31.4 Å². The van der Waals surface area contributed by atoms with E-state index in [-0.39, 0.29) is 17.0 Å². The molecule has 1 saturated carbocycles. The highest BCUT2D eigenvalue weighted by molar-refractivity contribution is 5.97. The fraction of sp³-hybridized carbons (Fsp3) is 0.417. The molecule has 0 unspecified atom stereocenters. The standard InChI is InChI=1S/C12H14N2O3/c1-2-12(5-6-12)11(17)14-8-3-4-9(10(15)16)13-7-8/h3-4,7H,2,5-6H2,1H3,(H,14,17)(H,15,16). The Morgan fingerprint density at radius 1 is 1.47 bits per heavy atom. The van der Waals surface area contributed by atoms with Gasteiger partial charge in [0, 0.05) is 5.41 Å². The Balaban J connectivity index is 2.04. The number of anilines is 1. The summed E-state index contributed by atoms with van der Waals surface area (Å²) < 4.78 is 0. The molecule has 0 spiro atoms. The number of carbonyl (C=O) groups is 2. The largest absolute Gasteiger partial charge is 0.477 e. The molecular weight excluding hydrogens is 220 g/mol. The van der Waals surface area contributed by atoms with Gasteiger partial charge in [0.15, 0.2) is 0 Å². The maximum absolute atomic E-state index is 11.9. The highest BCUT2D eigenvalue weighted by Crippen LogP contribution is 2.49. The Labute approximate surface area is 98.9 Å². The zero-order valence-corrected chi connectivity index (χ0v) is 9.56. The predicted octanol–water partition coefficient (Wildman–Crippen LogP) is 1.91. The van der Waals surface area contributed by atoms with Crippen LogP contribution in [-0.4, -0.2) is 22.0 Å². The fourth-order valence-corrected chi connectivity index (χ4v) is 1.75. The molecule has 0 atom stereocenters. The number of nitrogens with one attached hydrogen (secondary N) is 1. The number of carboxylic acids is 1. The zero-order chi connectivity index (χ0) is 12.5. The van der Waals surface area contributed by atoms with Crippen molar-refractivity contribution in [3.05, 3.63) is 24.0 Å². The minimum atomic E-state index is -1.07. The molecule has 90 valence electrons. The lowest BCUT2D eigenvalue weighted by molar-refractivity contribution is -0.121. The number of hydrogen-bond donors (Lipinski definition) is 2. The van der Waals surface area contributed by atoms with Gasteiger partial charge in [0.05, 0.1) is 11.9 Å². The molecule has 1 aliphatic rings. The zero-order valence-electron chi connectivity index (χ0n) is 9.56. The molecule has 0 aromatic carbocycles. The van der Waals surface area contributed by atoms with Gasteiger partial charge >= 0.3 is 5.97 Å². The summed E-state index contributed by atoms with van der Waals surface area (Å²) >= 11 is 0. The highest BCUT2D eigenvalue weighted by atomic mass is 16.4. The number of rotatable bonds is 4. The number of aromatic nitrogens is 1. The van der Waals surface area contributed by atoms with Gasteiger partial charge in [0.1, 0.15) is 5.69 Å². The summed E-state index contributed by atoms with van der Waals surface area (Å²) in [5, 5.41) is 11.5. The molecule has 1 amide bonds. The number of pyridine rings is 1. The van der Waals surface area contributed by atoms with Crippen molar-refractivity contribution in [2.24, 2.45) is 5.41 Å². The van der Waals surface area contributed by atoms with E-state index >= 15 is 0 Å². The van der Waals surface area contributed by atoms with E-state index in [2.05, 4.69) is 10.3 Å². The molecule has 1 aliphatic carbocycles. The lowest BCUT2D eigenvalue weighted by atomic mass is 10.0. The first-order valence-electron chi connectivity index (χ1n) is 5.58. The second-order valence-electron chi connectivity index (χ2n) is 4.33. The fourth-order valence-electron chi connectivity index (χ4n) is 1.75. The summed E-state index contributed by atoms with van der Waals surface area (Å²) in [6.45, 7) is 2.00. The summed E-state index contributed by atoms with van der Waals surface area (Å²) in [5.41, 5.74) is 0.310. The van der Waals surface area contributed by atoms with Gasteiger partial charge in [-0.1, -0.05) is 6.92 Å². The molecular formula is C12H14N2O3. The van der Waals surface area contributed by atoms with Crippen LogP contribution in [0.3, 0.4) is 0 Å². The monoisotopic (exact) mass is 234 g/mol. The minimum absolute atomic E-state index is 0.00451. The van der Waals surface area contributed by atoms with E-state index in [1.165, 1.54) is 12.3 Å². The van der Waals surface area contributed by atoms with Crippen LogP contribution in [0.2, 0.25) is 0 Å². The number of nitrogens with zero attached hydrogens (tertiary/aromatic N) is 1. The van der Waals surface area contributed by atoms with Crippen LogP contribution in [0.1, 0.15) is 36.7 Å². The van der Waals surface area contributed by atoms with Gasteiger partial charge in [-0.15, -0.1) is 0 Å². The van der Waals surface area contributed by atoms with E-state index in [1.807, 2.05) is 6.92 Å². The van der Waals surface area contributed by atoms with Crippen molar-refractivity contribution in [2.75, 3.05) is 5.32 Å². The average Bonchev–Trinajstić information content (AvgIpc) is 3.10. The Morgan fingerprint density at radius 2 is 2.18 bits per heavy atom.